The van der Waals surface area contributed by atoms with E-state index in [1.54, 1.807) is 0 Å². The van der Waals surface area contributed by atoms with Crippen molar-refractivity contribution in [2.45, 2.75) is 65.0 Å². The van der Waals surface area contributed by atoms with Crippen LogP contribution in [0.2, 0.25) is 0 Å². The number of hydrogen-bond donors (Lipinski definition) is 1. The van der Waals surface area contributed by atoms with E-state index in [0.29, 0.717) is 5.92 Å². The maximum atomic E-state index is 13.4. The van der Waals surface area contributed by atoms with Crippen LogP contribution in [0.15, 0.2) is 18.2 Å². The SMILES string of the molecule is CCCn1c(C(C)CCCC(C)N)nc2cc(F)ccc21. The summed E-state index contributed by atoms with van der Waals surface area (Å²) >= 11 is 0. The van der Waals surface area contributed by atoms with E-state index in [1.807, 2.05) is 13.0 Å². The molecule has 3 nitrogen and oxygen atoms in total. The average molecular weight is 291 g/mol. The average Bonchev–Trinajstić information content (AvgIpc) is 2.77. The molecule has 0 fully saturated rings. The smallest absolute Gasteiger partial charge is 0.125 e. The molecular formula is C17H26FN3. The molecule has 0 saturated heterocycles. The van der Waals surface area contributed by atoms with Gasteiger partial charge in [0.25, 0.3) is 0 Å². The Morgan fingerprint density at radius 1 is 1.29 bits per heavy atom. The highest BCUT2D eigenvalue weighted by Gasteiger charge is 2.16. The quantitative estimate of drug-likeness (QED) is 0.830. The molecule has 0 aliphatic rings. The summed E-state index contributed by atoms with van der Waals surface area (Å²) in [4.78, 5) is 4.68. The molecular weight excluding hydrogens is 265 g/mol. The monoisotopic (exact) mass is 291 g/mol. The number of benzene rings is 1. The molecule has 2 N–H and O–H groups in total. The molecule has 1 aromatic heterocycles. The lowest BCUT2D eigenvalue weighted by Gasteiger charge is -2.14. The highest BCUT2D eigenvalue weighted by molar-refractivity contribution is 5.76. The molecule has 0 radical (unpaired) electrons. The van der Waals surface area contributed by atoms with Gasteiger partial charge in [-0.25, -0.2) is 9.37 Å². The number of aryl methyl sites for hydroxylation is 1. The number of imidazole rings is 1. The molecule has 4 heteroatoms. The third-order valence-electron chi connectivity index (χ3n) is 3.92. The minimum atomic E-state index is -0.222. The first kappa shape index (κ1) is 16.0. The first-order valence-corrected chi connectivity index (χ1v) is 7.94. The first-order chi connectivity index (χ1) is 10.0. The van der Waals surface area contributed by atoms with Gasteiger partial charge >= 0.3 is 0 Å². The summed E-state index contributed by atoms with van der Waals surface area (Å²) in [6, 6.07) is 5.13. The molecule has 0 bridgehead atoms. The highest BCUT2D eigenvalue weighted by atomic mass is 19.1. The van der Waals surface area contributed by atoms with Crippen molar-refractivity contribution >= 4 is 11.0 Å². The minimum Gasteiger partial charge on any atom is -0.328 e. The molecule has 2 aromatic rings. The van der Waals surface area contributed by atoms with Crippen molar-refractivity contribution in [3.05, 3.63) is 29.8 Å². The van der Waals surface area contributed by atoms with E-state index in [-0.39, 0.29) is 11.9 Å². The summed E-state index contributed by atoms with van der Waals surface area (Å²) in [6.45, 7) is 7.32. The van der Waals surface area contributed by atoms with Gasteiger partial charge in [0.1, 0.15) is 11.6 Å². The number of rotatable bonds is 7. The largest absolute Gasteiger partial charge is 0.328 e. The van der Waals surface area contributed by atoms with Crippen molar-refractivity contribution in [3.8, 4) is 0 Å². The lowest BCUT2D eigenvalue weighted by molar-refractivity contribution is 0.522. The van der Waals surface area contributed by atoms with Crippen LogP contribution in [0.3, 0.4) is 0 Å². The van der Waals surface area contributed by atoms with E-state index in [4.69, 9.17) is 5.73 Å². The minimum absolute atomic E-state index is 0.222. The molecule has 1 heterocycles. The zero-order chi connectivity index (χ0) is 15.4. The number of fused-ring (bicyclic) bond motifs is 1. The Balaban J connectivity index is 2.26. The fourth-order valence-electron chi connectivity index (χ4n) is 2.83. The Bertz CT molecular complexity index is 589. The Morgan fingerprint density at radius 2 is 2.05 bits per heavy atom. The fourth-order valence-corrected chi connectivity index (χ4v) is 2.83. The van der Waals surface area contributed by atoms with Crippen molar-refractivity contribution in [2.75, 3.05) is 0 Å². The highest BCUT2D eigenvalue weighted by Crippen LogP contribution is 2.26. The number of nitrogens with zero attached hydrogens (tertiary/aromatic N) is 2. The van der Waals surface area contributed by atoms with E-state index in [1.165, 1.54) is 12.1 Å². The fraction of sp³-hybridized carbons (Fsp3) is 0.588. The number of hydrogen-bond acceptors (Lipinski definition) is 2. The zero-order valence-corrected chi connectivity index (χ0v) is 13.3. The van der Waals surface area contributed by atoms with Crippen LogP contribution in [0.25, 0.3) is 11.0 Å². The molecule has 0 spiro atoms. The van der Waals surface area contributed by atoms with Crippen LogP contribution in [0.5, 0.6) is 0 Å². The Labute approximate surface area is 126 Å². The predicted octanol–water partition coefficient (Wildman–Crippen LogP) is 4.21. The van der Waals surface area contributed by atoms with Crippen LogP contribution in [-0.4, -0.2) is 15.6 Å². The van der Waals surface area contributed by atoms with Crippen molar-refractivity contribution in [1.82, 2.24) is 9.55 Å². The summed E-state index contributed by atoms with van der Waals surface area (Å²) in [5.41, 5.74) is 7.61. The van der Waals surface area contributed by atoms with Crippen LogP contribution < -0.4 is 5.73 Å². The number of aromatic nitrogens is 2. The molecule has 21 heavy (non-hydrogen) atoms. The Kier molecular flexibility index (Phi) is 5.34. The molecule has 0 aliphatic carbocycles. The van der Waals surface area contributed by atoms with Gasteiger partial charge < -0.3 is 10.3 Å². The number of nitrogens with two attached hydrogens (primary N) is 1. The van der Waals surface area contributed by atoms with Gasteiger partial charge in [-0.05, 0) is 38.3 Å². The summed E-state index contributed by atoms with van der Waals surface area (Å²) in [7, 11) is 0. The topological polar surface area (TPSA) is 43.8 Å². The molecule has 0 aliphatic heterocycles. The third kappa shape index (κ3) is 3.82. The first-order valence-electron chi connectivity index (χ1n) is 7.94. The van der Waals surface area contributed by atoms with Crippen LogP contribution in [0, 0.1) is 5.82 Å². The van der Waals surface area contributed by atoms with Gasteiger partial charge in [-0.15, -0.1) is 0 Å². The van der Waals surface area contributed by atoms with E-state index < -0.39 is 0 Å². The lowest BCUT2D eigenvalue weighted by atomic mass is 10.0. The van der Waals surface area contributed by atoms with Crippen LogP contribution >= 0.6 is 0 Å². The van der Waals surface area contributed by atoms with Gasteiger partial charge in [0, 0.05) is 24.6 Å². The normalized spacial score (nSPS) is 14.5. The van der Waals surface area contributed by atoms with Gasteiger partial charge in [0.2, 0.25) is 0 Å². The molecule has 2 rings (SSSR count). The molecule has 0 amide bonds. The second kappa shape index (κ2) is 7.03. The third-order valence-corrected chi connectivity index (χ3v) is 3.92. The van der Waals surface area contributed by atoms with E-state index in [9.17, 15) is 4.39 Å². The maximum Gasteiger partial charge on any atom is 0.125 e. The Morgan fingerprint density at radius 3 is 2.71 bits per heavy atom. The van der Waals surface area contributed by atoms with Gasteiger partial charge in [-0.1, -0.05) is 20.3 Å². The second-order valence-electron chi connectivity index (χ2n) is 6.06. The summed E-state index contributed by atoms with van der Waals surface area (Å²) in [6.07, 6.45) is 4.24. The Hall–Kier alpha value is -1.42. The van der Waals surface area contributed by atoms with Crippen molar-refractivity contribution < 1.29 is 4.39 Å². The summed E-state index contributed by atoms with van der Waals surface area (Å²) in [5, 5.41) is 0. The van der Waals surface area contributed by atoms with Crippen molar-refractivity contribution in [2.24, 2.45) is 5.73 Å². The van der Waals surface area contributed by atoms with Crippen LogP contribution in [-0.2, 0) is 6.54 Å². The molecule has 2 unspecified atom stereocenters. The lowest BCUT2D eigenvalue weighted by Crippen LogP contribution is -2.15. The van der Waals surface area contributed by atoms with E-state index in [0.717, 1.165) is 49.1 Å². The standard InChI is InChI=1S/C17H26FN3/c1-4-10-21-16-9-8-14(18)11-15(16)20-17(21)12(2)6-5-7-13(3)19/h8-9,11-13H,4-7,10,19H2,1-3H3. The summed E-state index contributed by atoms with van der Waals surface area (Å²) < 4.78 is 15.6. The van der Waals surface area contributed by atoms with E-state index in [2.05, 4.69) is 23.4 Å². The second-order valence-corrected chi connectivity index (χ2v) is 6.06. The summed E-state index contributed by atoms with van der Waals surface area (Å²) in [5.74, 6) is 1.22. The maximum absolute atomic E-state index is 13.4. The molecule has 0 saturated carbocycles. The van der Waals surface area contributed by atoms with E-state index >= 15 is 0 Å². The van der Waals surface area contributed by atoms with Crippen LogP contribution in [0.4, 0.5) is 4.39 Å². The van der Waals surface area contributed by atoms with Gasteiger partial charge in [0.05, 0.1) is 11.0 Å². The predicted molar refractivity (Wildman–Crippen MR) is 85.9 cm³/mol. The van der Waals surface area contributed by atoms with Crippen molar-refractivity contribution in [1.29, 1.82) is 0 Å². The van der Waals surface area contributed by atoms with Gasteiger partial charge in [-0.2, -0.15) is 0 Å². The molecule has 2 atom stereocenters. The van der Waals surface area contributed by atoms with Gasteiger partial charge in [-0.3, -0.25) is 0 Å². The number of halogens is 1. The van der Waals surface area contributed by atoms with Crippen molar-refractivity contribution in [3.63, 3.8) is 0 Å². The van der Waals surface area contributed by atoms with Gasteiger partial charge in [0.15, 0.2) is 0 Å². The van der Waals surface area contributed by atoms with Crippen LogP contribution in [0.1, 0.15) is 58.2 Å². The molecule has 116 valence electrons. The zero-order valence-electron chi connectivity index (χ0n) is 13.3. The molecule has 1 aromatic carbocycles.